The van der Waals surface area contributed by atoms with Gasteiger partial charge in [0, 0.05) is 30.8 Å². The number of hydrogen-bond donors (Lipinski definition) is 0. The van der Waals surface area contributed by atoms with E-state index in [1.807, 2.05) is 36.9 Å². The van der Waals surface area contributed by atoms with Crippen LogP contribution >= 0.6 is 0 Å². The molecular formula is C23H24N4O3. The summed E-state index contributed by atoms with van der Waals surface area (Å²) in [6, 6.07) is 14.1. The van der Waals surface area contributed by atoms with Crippen LogP contribution < -0.4 is 0 Å². The number of non-ortho nitro benzene ring substituents is 1. The standard InChI is InChI=1S/C23H24N4O3/c1-16-6-7-17(2)21(14-16)26-22(23(28)25-12-4-3-5-13-25)15-20(24-26)18-8-10-19(11-9-18)27(29)30/h6-11,14-15H,3-5,12-13H2,1-2H3. The molecular weight excluding hydrogens is 380 g/mol. The van der Waals surface area contributed by atoms with Gasteiger partial charge in [-0.05, 0) is 68.5 Å². The molecule has 1 saturated heterocycles. The van der Waals surface area contributed by atoms with E-state index in [4.69, 9.17) is 5.10 Å². The molecule has 0 aliphatic carbocycles. The van der Waals surface area contributed by atoms with E-state index in [2.05, 4.69) is 0 Å². The van der Waals surface area contributed by atoms with Crippen LogP contribution in [-0.4, -0.2) is 38.6 Å². The molecule has 0 N–H and O–H groups in total. The highest BCUT2D eigenvalue weighted by Gasteiger charge is 2.25. The third-order valence-electron chi connectivity index (χ3n) is 5.54. The van der Waals surface area contributed by atoms with Gasteiger partial charge in [-0.1, -0.05) is 12.1 Å². The fraction of sp³-hybridized carbons (Fsp3) is 0.304. The predicted molar refractivity (Wildman–Crippen MR) is 115 cm³/mol. The molecule has 0 unspecified atom stereocenters. The molecule has 2 aromatic carbocycles. The van der Waals surface area contributed by atoms with E-state index >= 15 is 0 Å². The number of carbonyl (C=O) groups excluding carboxylic acids is 1. The summed E-state index contributed by atoms with van der Waals surface area (Å²) in [6.07, 6.45) is 3.17. The number of nitrogens with zero attached hydrogens (tertiary/aromatic N) is 4. The van der Waals surface area contributed by atoms with Gasteiger partial charge in [-0.25, -0.2) is 4.68 Å². The molecule has 2 heterocycles. The Morgan fingerprint density at radius 2 is 1.70 bits per heavy atom. The van der Waals surface area contributed by atoms with Gasteiger partial charge in [0.15, 0.2) is 0 Å². The summed E-state index contributed by atoms with van der Waals surface area (Å²) >= 11 is 0. The van der Waals surface area contributed by atoms with Crippen molar-refractivity contribution in [2.24, 2.45) is 0 Å². The highest BCUT2D eigenvalue weighted by molar-refractivity contribution is 5.94. The number of benzene rings is 2. The van der Waals surface area contributed by atoms with Crippen LogP contribution in [0.5, 0.6) is 0 Å². The fourth-order valence-corrected chi connectivity index (χ4v) is 3.82. The van der Waals surface area contributed by atoms with Gasteiger partial charge in [0.2, 0.25) is 0 Å². The van der Waals surface area contributed by atoms with Gasteiger partial charge >= 0.3 is 0 Å². The van der Waals surface area contributed by atoms with Gasteiger partial charge in [-0.3, -0.25) is 14.9 Å². The molecule has 1 aliphatic heterocycles. The van der Waals surface area contributed by atoms with Crippen LogP contribution in [0.15, 0.2) is 48.5 Å². The molecule has 7 heteroatoms. The Morgan fingerprint density at radius 1 is 1.00 bits per heavy atom. The summed E-state index contributed by atoms with van der Waals surface area (Å²) in [5.41, 5.74) is 4.86. The summed E-state index contributed by atoms with van der Waals surface area (Å²) in [4.78, 5) is 25.8. The molecule has 7 nitrogen and oxygen atoms in total. The molecule has 1 aliphatic rings. The maximum absolute atomic E-state index is 13.4. The van der Waals surface area contributed by atoms with Crippen LogP contribution in [0, 0.1) is 24.0 Å². The molecule has 1 fully saturated rings. The lowest BCUT2D eigenvalue weighted by atomic mass is 10.1. The predicted octanol–water partition coefficient (Wildman–Crippen LogP) is 4.69. The van der Waals surface area contributed by atoms with Crippen molar-refractivity contribution < 1.29 is 9.72 Å². The zero-order valence-corrected chi connectivity index (χ0v) is 17.2. The van der Waals surface area contributed by atoms with E-state index in [1.165, 1.54) is 12.1 Å². The lowest BCUT2D eigenvalue weighted by molar-refractivity contribution is -0.384. The van der Waals surface area contributed by atoms with Crippen molar-refractivity contribution in [3.05, 3.63) is 75.5 Å². The molecule has 3 aromatic rings. The first-order valence-corrected chi connectivity index (χ1v) is 10.2. The summed E-state index contributed by atoms with van der Waals surface area (Å²) in [6.45, 7) is 5.51. The number of amides is 1. The summed E-state index contributed by atoms with van der Waals surface area (Å²) in [7, 11) is 0. The van der Waals surface area contributed by atoms with Crippen LogP contribution in [0.1, 0.15) is 40.9 Å². The summed E-state index contributed by atoms with van der Waals surface area (Å²) < 4.78 is 1.72. The van der Waals surface area contributed by atoms with E-state index in [0.29, 0.717) is 11.4 Å². The zero-order valence-electron chi connectivity index (χ0n) is 17.2. The van der Waals surface area contributed by atoms with Crippen molar-refractivity contribution in [1.29, 1.82) is 0 Å². The number of carbonyl (C=O) groups is 1. The monoisotopic (exact) mass is 404 g/mol. The lowest BCUT2D eigenvalue weighted by Gasteiger charge is -2.26. The second-order valence-electron chi connectivity index (χ2n) is 7.77. The zero-order chi connectivity index (χ0) is 21.3. The average Bonchev–Trinajstić information content (AvgIpc) is 3.20. The van der Waals surface area contributed by atoms with Crippen LogP contribution in [0.25, 0.3) is 16.9 Å². The maximum atomic E-state index is 13.4. The van der Waals surface area contributed by atoms with Gasteiger partial charge in [0.1, 0.15) is 5.69 Å². The number of aromatic nitrogens is 2. The minimum atomic E-state index is -0.427. The van der Waals surface area contributed by atoms with Crippen LogP contribution in [0.2, 0.25) is 0 Å². The molecule has 30 heavy (non-hydrogen) atoms. The quantitative estimate of drug-likeness (QED) is 0.467. The Bertz CT molecular complexity index is 1100. The van der Waals surface area contributed by atoms with Gasteiger partial charge in [0.05, 0.1) is 16.3 Å². The first-order chi connectivity index (χ1) is 14.4. The third kappa shape index (κ3) is 3.83. The lowest BCUT2D eigenvalue weighted by Crippen LogP contribution is -2.36. The Hall–Kier alpha value is -3.48. The van der Waals surface area contributed by atoms with Crippen LogP contribution in [0.4, 0.5) is 5.69 Å². The molecule has 0 bridgehead atoms. The van der Waals surface area contributed by atoms with Crippen molar-refractivity contribution in [2.45, 2.75) is 33.1 Å². The van der Waals surface area contributed by atoms with E-state index in [0.717, 1.165) is 54.7 Å². The molecule has 0 spiro atoms. The van der Waals surface area contributed by atoms with Gasteiger partial charge in [-0.15, -0.1) is 0 Å². The Morgan fingerprint density at radius 3 is 2.37 bits per heavy atom. The van der Waals surface area contributed by atoms with Crippen molar-refractivity contribution in [3.63, 3.8) is 0 Å². The van der Waals surface area contributed by atoms with Gasteiger partial charge < -0.3 is 4.90 Å². The number of piperidine rings is 1. The fourth-order valence-electron chi connectivity index (χ4n) is 3.82. The molecule has 0 saturated carbocycles. The maximum Gasteiger partial charge on any atom is 0.272 e. The SMILES string of the molecule is Cc1ccc(C)c(-n2nc(-c3ccc([N+](=O)[O-])cc3)cc2C(=O)N2CCCCC2)c1. The van der Waals surface area contributed by atoms with Crippen molar-refractivity contribution in [1.82, 2.24) is 14.7 Å². The Labute approximate surface area is 175 Å². The summed E-state index contributed by atoms with van der Waals surface area (Å²) in [5, 5.41) is 15.7. The number of nitro benzene ring substituents is 1. The van der Waals surface area contributed by atoms with Gasteiger partial charge in [0.25, 0.3) is 11.6 Å². The first kappa shape index (κ1) is 19.8. The normalized spacial score (nSPS) is 14.0. The highest BCUT2D eigenvalue weighted by Crippen LogP contribution is 2.27. The second-order valence-corrected chi connectivity index (χ2v) is 7.77. The largest absolute Gasteiger partial charge is 0.337 e. The number of nitro groups is 1. The minimum absolute atomic E-state index is 0.0253. The van der Waals surface area contributed by atoms with Crippen LogP contribution in [0.3, 0.4) is 0 Å². The average molecular weight is 404 g/mol. The molecule has 154 valence electrons. The molecule has 0 radical (unpaired) electrons. The van der Waals surface area contributed by atoms with E-state index < -0.39 is 4.92 Å². The molecule has 0 atom stereocenters. The molecule has 4 rings (SSSR count). The Kier molecular flexibility index (Phi) is 5.35. The molecule has 1 aromatic heterocycles. The number of aryl methyl sites for hydroxylation is 2. The van der Waals surface area contributed by atoms with Crippen LogP contribution in [-0.2, 0) is 0 Å². The van der Waals surface area contributed by atoms with Crippen molar-refractivity contribution >= 4 is 11.6 Å². The highest BCUT2D eigenvalue weighted by atomic mass is 16.6. The number of likely N-dealkylation sites (tertiary alicyclic amines) is 1. The topological polar surface area (TPSA) is 81.3 Å². The second kappa shape index (κ2) is 8.10. The smallest absolute Gasteiger partial charge is 0.272 e. The van der Waals surface area contributed by atoms with E-state index in [-0.39, 0.29) is 11.6 Å². The molecule has 1 amide bonds. The first-order valence-electron chi connectivity index (χ1n) is 10.2. The van der Waals surface area contributed by atoms with E-state index in [9.17, 15) is 14.9 Å². The number of hydrogen-bond acceptors (Lipinski definition) is 4. The Balaban J connectivity index is 1.81. The minimum Gasteiger partial charge on any atom is -0.337 e. The third-order valence-corrected chi connectivity index (χ3v) is 5.54. The van der Waals surface area contributed by atoms with Crippen molar-refractivity contribution in [2.75, 3.05) is 13.1 Å². The number of rotatable bonds is 4. The van der Waals surface area contributed by atoms with E-state index in [1.54, 1.807) is 22.9 Å². The van der Waals surface area contributed by atoms with Crippen molar-refractivity contribution in [3.8, 4) is 16.9 Å². The van der Waals surface area contributed by atoms with Gasteiger partial charge in [-0.2, -0.15) is 5.10 Å². The summed E-state index contributed by atoms with van der Waals surface area (Å²) in [5.74, 6) is -0.0312.